The number of carbonyl (C=O) groups is 1. The second kappa shape index (κ2) is 12.7. The predicted molar refractivity (Wildman–Crippen MR) is 166 cm³/mol. The minimum Gasteiger partial charge on any atom is -0.505 e. The molecule has 0 unspecified atom stereocenters. The van der Waals surface area contributed by atoms with Gasteiger partial charge < -0.3 is 20.3 Å². The highest BCUT2D eigenvalue weighted by Gasteiger charge is 2.23. The van der Waals surface area contributed by atoms with E-state index in [0.29, 0.717) is 5.69 Å². The maximum atomic E-state index is 12.3. The van der Waals surface area contributed by atoms with E-state index in [1.54, 1.807) is 0 Å². The van der Waals surface area contributed by atoms with Gasteiger partial charge in [-0.2, -0.15) is 26.8 Å². The van der Waals surface area contributed by atoms with Crippen molar-refractivity contribution in [2.24, 2.45) is 15.2 Å². The lowest BCUT2D eigenvalue weighted by molar-refractivity contribution is 0.0697. The predicted octanol–water partition coefficient (Wildman–Crippen LogP) is 4.91. The number of H-pyrrole nitrogens is 1. The number of hydrogen-bond acceptors (Lipinski definition) is 13. The Hall–Kier alpha value is -5.47. The Morgan fingerprint density at radius 2 is 1.68 bits per heavy atom. The summed E-state index contributed by atoms with van der Waals surface area (Å²) in [6, 6.07) is 14.2. The van der Waals surface area contributed by atoms with Gasteiger partial charge in [0, 0.05) is 16.8 Å². The first kappa shape index (κ1) is 32.9. The van der Waals surface area contributed by atoms with Crippen molar-refractivity contribution in [2.75, 3.05) is 12.4 Å². The largest absolute Gasteiger partial charge is 0.505 e. The lowest BCUT2D eigenvalue weighted by Gasteiger charge is -2.12. The summed E-state index contributed by atoms with van der Waals surface area (Å²) in [4.78, 5) is 25.3. The zero-order valence-corrected chi connectivity index (χ0v) is 25.9. The topological polar surface area (TPSA) is 266 Å². The molecule has 0 saturated heterocycles. The number of aromatic carboxylic acids is 1. The van der Waals surface area contributed by atoms with E-state index in [0.717, 1.165) is 18.2 Å². The van der Waals surface area contributed by atoms with Crippen LogP contribution < -0.4 is 15.7 Å². The van der Waals surface area contributed by atoms with E-state index < -0.39 is 48.1 Å². The number of aromatic nitrogens is 3. The van der Waals surface area contributed by atoms with Gasteiger partial charge in [0.1, 0.15) is 16.3 Å². The molecule has 5 aromatic rings. The molecule has 0 amide bonds. The van der Waals surface area contributed by atoms with Crippen LogP contribution in [0.25, 0.3) is 10.8 Å². The standard InChI is InChI=1S/C27H20ClN7O10S2/c1-45-27-32-25(28)31-26(33-27)30-16-7-8-20(19(12-16)24(37)38)34-35-22-21(47(42,43)44)9-13-5-6-15(11-18(13)23(22)36)29-14-3-2-4-17(10-14)46(39,40)41/h2-12,29,36H,1H3,(H,37,38)(H,39,40,41)(H,42,43,44)(H,30,31,32,33). The van der Waals surface area contributed by atoms with Crippen molar-refractivity contribution < 1.29 is 45.7 Å². The Kier molecular flexibility index (Phi) is 8.91. The van der Waals surface area contributed by atoms with Gasteiger partial charge in [-0.05, 0) is 71.6 Å². The molecule has 242 valence electrons. The number of aromatic hydroxyl groups is 1. The second-order valence-electron chi connectivity index (χ2n) is 9.38. The number of phenols is 1. The molecule has 20 heteroatoms. The van der Waals surface area contributed by atoms with Gasteiger partial charge in [-0.3, -0.25) is 14.1 Å². The zero-order chi connectivity index (χ0) is 34.1. The van der Waals surface area contributed by atoms with Gasteiger partial charge in [-0.25, -0.2) is 9.79 Å². The Labute approximate surface area is 269 Å². The van der Waals surface area contributed by atoms with E-state index >= 15 is 0 Å². The first-order chi connectivity index (χ1) is 22.1. The number of methoxy groups -OCH3 is 1. The van der Waals surface area contributed by atoms with Crippen molar-refractivity contribution in [1.82, 2.24) is 15.0 Å². The van der Waals surface area contributed by atoms with E-state index in [9.17, 15) is 40.9 Å². The normalized spacial score (nSPS) is 12.5. The molecule has 0 aliphatic heterocycles. The van der Waals surface area contributed by atoms with E-state index in [1.807, 2.05) is 0 Å². The highest BCUT2D eigenvalue weighted by molar-refractivity contribution is 7.86. The van der Waals surface area contributed by atoms with Crippen LogP contribution >= 0.6 is 11.6 Å². The minimum absolute atomic E-state index is 0.00767. The molecule has 0 radical (unpaired) electrons. The van der Waals surface area contributed by atoms with Gasteiger partial charge in [0.15, 0.2) is 5.75 Å². The highest BCUT2D eigenvalue weighted by atomic mass is 35.5. The molecule has 0 aliphatic carbocycles. The van der Waals surface area contributed by atoms with Crippen molar-refractivity contribution in [1.29, 1.82) is 0 Å². The molecule has 0 saturated carbocycles. The van der Waals surface area contributed by atoms with Crippen LogP contribution in [0.3, 0.4) is 0 Å². The molecule has 4 aromatic carbocycles. The van der Waals surface area contributed by atoms with Crippen molar-refractivity contribution in [2.45, 2.75) is 9.79 Å². The lowest BCUT2D eigenvalue weighted by Crippen LogP contribution is -2.15. The third-order valence-corrected chi connectivity index (χ3v) is 8.14. The molecule has 0 fully saturated rings. The minimum atomic E-state index is -4.98. The summed E-state index contributed by atoms with van der Waals surface area (Å²) in [5.41, 5.74) is -0.814. The fourth-order valence-corrected chi connectivity index (χ4v) is 5.53. The molecular formula is C27H20ClN7O10S2. The van der Waals surface area contributed by atoms with Gasteiger partial charge in [0.05, 0.1) is 23.3 Å². The number of anilines is 2. The zero-order valence-electron chi connectivity index (χ0n) is 23.5. The molecule has 5 rings (SSSR count). The van der Waals surface area contributed by atoms with Crippen LogP contribution in [0.1, 0.15) is 10.4 Å². The van der Waals surface area contributed by atoms with Crippen LogP contribution in [-0.4, -0.2) is 64.2 Å². The van der Waals surface area contributed by atoms with Crippen molar-refractivity contribution in [3.8, 4) is 11.8 Å². The second-order valence-corrected chi connectivity index (χ2v) is 12.5. The summed E-state index contributed by atoms with van der Waals surface area (Å²) in [6.07, 6.45) is 0. The van der Waals surface area contributed by atoms with Gasteiger partial charge in [0.2, 0.25) is 10.9 Å². The maximum Gasteiger partial charge on any atom is 0.338 e. The maximum absolute atomic E-state index is 12.3. The summed E-state index contributed by atoms with van der Waals surface area (Å²) in [7, 11) is -8.14. The SMILES string of the molecule is COc1nc(Cl)nc(=Nc2ccc(N=Nc3c(S(=O)(=O)O)cc4ccc(Nc5cccc(S(=O)(=O)O)c5)cc4c3O)c(C(=O)O)c2)[nH]1. The summed E-state index contributed by atoms with van der Waals surface area (Å²) >= 11 is 5.84. The quantitative estimate of drug-likeness (QED) is 0.0882. The Bertz CT molecular complexity index is 2400. The van der Waals surface area contributed by atoms with E-state index in [-0.39, 0.29) is 49.6 Å². The highest BCUT2D eigenvalue weighted by Crippen LogP contribution is 2.42. The van der Waals surface area contributed by atoms with Crippen LogP contribution in [0.5, 0.6) is 11.8 Å². The number of carboxylic acid groups (broad SMARTS) is 1. The van der Waals surface area contributed by atoms with Crippen molar-refractivity contribution in [3.05, 3.63) is 83.2 Å². The molecule has 0 atom stereocenters. The molecule has 6 N–H and O–H groups in total. The molecule has 1 heterocycles. The Morgan fingerprint density at radius 3 is 2.36 bits per heavy atom. The number of halogens is 1. The van der Waals surface area contributed by atoms with Crippen LogP contribution in [-0.2, 0) is 20.2 Å². The van der Waals surface area contributed by atoms with Gasteiger partial charge in [-0.1, -0.05) is 12.1 Å². The number of phenolic OH excluding ortho intramolecular Hbond substituents is 1. The van der Waals surface area contributed by atoms with Gasteiger partial charge in [-0.15, -0.1) is 10.2 Å². The van der Waals surface area contributed by atoms with E-state index in [4.69, 9.17) is 16.3 Å². The summed E-state index contributed by atoms with van der Waals surface area (Å²) < 4.78 is 71.8. The average molecular weight is 702 g/mol. The van der Waals surface area contributed by atoms with E-state index in [1.165, 1.54) is 55.6 Å². The van der Waals surface area contributed by atoms with Gasteiger partial charge in [0.25, 0.3) is 26.2 Å². The Balaban J connectivity index is 1.57. The number of rotatable bonds is 9. The van der Waals surface area contributed by atoms with Crippen LogP contribution in [0.4, 0.5) is 28.4 Å². The molecule has 0 aliphatic rings. The number of nitrogens with zero attached hydrogens (tertiary/aromatic N) is 5. The molecule has 47 heavy (non-hydrogen) atoms. The monoisotopic (exact) mass is 701 g/mol. The van der Waals surface area contributed by atoms with Crippen LogP contribution in [0.2, 0.25) is 5.28 Å². The number of aromatic amines is 1. The van der Waals surface area contributed by atoms with Crippen molar-refractivity contribution in [3.63, 3.8) is 0 Å². The number of azo groups is 1. The number of benzene rings is 4. The smallest absolute Gasteiger partial charge is 0.338 e. The fourth-order valence-electron chi connectivity index (χ4n) is 4.19. The molecule has 0 spiro atoms. The summed E-state index contributed by atoms with van der Waals surface area (Å²) in [5.74, 6) is -2.19. The number of fused-ring (bicyclic) bond motifs is 1. The molecule has 17 nitrogen and oxygen atoms in total. The first-order valence-corrected chi connectivity index (χ1v) is 16.0. The van der Waals surface area contributed by atoms with Crippen molar-refractivity contribution >= 4 is 77.0 Å². The lowest BCUT2D eigenvalue weighted by atomic mass is 10.1. The summed E-state index contributed by atoms with van der Waals surface area (Å²) in [6.45, 7) is 0. The van der Waals surface area contributed by atoms with Crippen LogP contribution in [0, 0.1) is 0 Å². The molecular weight excluding hydrogens is 682 g/mol. The van der Waals surface area contributed by atoms with Crippen LogP contribution in [0.15, 0.2) is 91.7 Å². The number of nitrogens with one attached hydrogen (secondary N) is 2. The third kappa shape index (κ3) is 7.51. The number of hydrogen-bond donors (Lipinski definition) is 6. The van der Waals surface area contributed by atoms with E-state index in [2.05, 4.69) is 35.5 Å². The summed E-state index contributed by atoms with van der Waals surface area (Å²) in [5, 5.41) is 31.5. The number of carboxylic acids is 1. The Morgan fingerprint density at radius 1 is 0.936 bits per heavy atom. The van der Waals surface area contributed by atoms with Gasteiger partial charge >= 0.3 is 5.97 Å². The number of ether oxygens (including phenoxy) is 1. The first-order valence-electron chi connectivity index (χ1n) is 12.8. The fraction of sp³-hybridized carbons (Fsp3) is 0.0370. The molecule has 0 bridgehead atoms. The average Bonchev–Trinajstić information content (AvgIpc) is 3.00. The third-order valence-electron chi connectivity index (χ3n) is 6.26. The molecule has 1 aromatic heterocycles.